The summed E-state index contributed by atoms with van der Waals surface area (Å²) >= 11 is 0. The molecule has 0 aromatic heterocycles. The van der Waals surface area contributed by atoms with E-state index in [0.717, 1.165) is 5.56 Å². The van der Waals surface area contributed by atoms with Crippen LogP contribution in [0.2, 0.25) is 0 Å². The second kappa shape index (κ2) is 5.58. The van der Waals surface area contributed by atoms with Crippen LogP contribution < -0.4 is 9.88 Å². The van der Waals surface area contributed by atoms with Crippen molar-refractivity contribution in [3.8, 4) is 5.75 Å². The summed E-state index contributed by atoms with van der Waals surface area (Å²) in [6, 6.07) is 3.20. The Balaban J connectivity index is 3.16. The number of hydrogen-bond acceptors (Lipinski definition) is 4. The van der Waals surface area contributed by atoms with Gasteiger partial charge < -0.3 is 9.64 Å². The zero-order valence-electron chi connectivity index (χ0n) is 11.4. The summed E-state index contributed by atoms with van der Waals surface area (Å²) in [5.74, 6) is -0.136. The number of aryl methyl sites for hydroxylation is 2. The topological polar surface area (TPSA) is 89.7 Å². The van der Waals surface area contributed by atoms with Crippen molar-refractivity contribution in [1.29, 1.82) is 0 Å². The molecule has 0 saturated heterocycles. The van der Waals surface area contributed by atoms with Crippen molar-refractivity contribution in [1.82, 2.24) is 4.90 Å². The van der Waals surface area contributed by atoms with Crippen molar-refractivity contribution in [2.45, 2.75) is 18.7 Å². The third-order valence-electron chi connectivity index (χ3n) is 2.53. The van der Waals surface area contributed by atoms with Crippen LogP contribution in [0.25, 0.3) is 0 Å². The summed E-state index contributed by atoms with van der Waals surface area (Å²) in [4.78, 5) is 12.7. The average molecular weight is 286 g/mol. The molecule has 7 heteroatoms. The second-order valence-electron chi connectivity index (χ2n) is 4.53. The van der Waals surface area contributed by atoms with Gasteiger partial charge in [0.25, 0.3) is 5.91 Å². The minimum absolute atomic E-state index is 0.100. The van der Waals surface area contributed by atoms with Gasteiger partial charge in [-0.2, -0.15) is 0 Å². The van der Waals surface area contributed by atoms with Crippen LogP contribution in [0.4, 0.5) is 0 Å². The van der Waals surface area contributed by atoms with E-state index in [0.29, 0.717) is 5.56 Å². The van der Waals surface area contributed by atoms with Crippen LogP contribution in [-0.4, -0.2) is 39.9 Å². The third-order valence-corrected chi connectivity index (χ3v) is 3.45. The molecule has 0 radical (unpaired) electrons. The summed E-state index contributed by atoms with van der Waals surface area (Å²) in [5.41, 5.74) is 1.38. The fourth-order valence-electron chi connectivity index (χ4n) is 1.57. The number of rotatable bonds is 4. The van der Waals surface area contributed by atoms with E-state index in [1.54, 1.807) is 34.0 Å². The summed E-state index contributed by atoms with van der Waals surface area (Å²) in [6.45, 7) is 3.23. The first-order valence-electron chi connectivity index (χ1n) is 5.60. The molecule has 106 valence electrons. The molecule has 0 aliphatic carbocycles. The van der Waals surface area contributed by atoms with Crippen LogP contribution in [0, 0.1) is 13.8 Å². The number of sulfonamides is 1. The fraction of sp³-hybridized carbons (Fsp3) is 0.417. The van der Waals surface area contributed by atoms with Gasteiger partial charge in [-0.15, -0.1) is 0 Å². The van der Waals surface area contributed by atoms with E-state index in [9.17, 15) is 13.2 Å². The maximum absolute atomic E-state index is 11.5. The first-order valence-corrected chi connectivity index (χ1v) is 7.14. The summed E-state index contributed by atoms with van der Waals surface area (Å²) in [6.07, 6.45) is 0. The highest BCUT2D eigenvalue weighted by Gasteiger charge is 2.19. The van der Waals surface area contributed by atoms with Crippen LogP contribution >= 0.6 is 0 Å². The fourth-order valence-corrected chi connectivity index (χ4v) is 2.40. The number of nitrogens with zero attached hydrogens (tertiary/aromatic N) is 1. The highest BCUT2D eigenvalue weighted by Crippen LogP contribution is 2.28. The molecule has 0 aliphatic heterocycles. The number of likely N-dealkylation sites (N-methyl/N-ethyl adjacent to an activating group) is 1. The number of benzene rings is 1. The maximum atomic E-state index is 11.5. The molecule has 19 heavy (non-hydrogen) atoms. The molecule has 0 fully saturated rings. The first-order chi connectivity index (χ1) is 8.62. The Morgan fingerprint density at radius 3 is 2.37 bits per heavy atom. The molecule has 1 amide bonds. The van der Waals surface area contributed by atoms with Crippen molar-refractivity contribution in [3.63, 3.8) is 0 Å². The van der Waals surface area contributed by atoms with Crippen LogP contribution in [0.15, 0.2) is 17.0 Å². The van der Waals surface area contributed by atoms with Gasteiger partial charge in [0.2, 0.25) is 10.0 Å². The smallest absolute Gasteiger partial charge is 0.259 e. The number of ether oxygens (including phenoxy) is 1. The van der Waals surface area contributed by atoms with E-state index in [1.165, 1.54) is 11.0 Å². The summed E-state index contributed by atoms with van der Waals surface area (Å²) < 4.78 is 28.4. The number of hydrogen-bond donors (Lipinski definition) is 1. The normalized spacial score (nSPS) is 11.2. The van der Waals surface area contributed by atoms with Gasteiger partial charge in [0.05, 0.1) is 0 Å². The number of nitrogens with two attached hydrogens (primary N) is 1. The molecule has 0 bridgehead atoms. The molecule has 2 N–H and O–H groups in total. The molecule has 1 aromatic rings. The zero-order valence-corrected chi connectivity index (χ0v) is 12.2. The van der Waals surface area contributed by atoms with Crippen LogP contribution in [-0.2, 0) is 14.8 Å². The standard InChI is InChI=1S/C12H18N2O4S/c1-8-5-9(2)12(10(6-8)19(13,16)17)18-7-11(15)14(3)4/h5-6H,7H2,1-4H3,(H2,13,16,17). The number of carbonyl (C=O) groups excluding carboxylic acids is 1. The SMILES string of the molecule is Cc1cc(C)c(OCC(=O)N(C)C)c(S(N)(=O)=O)c1. The molecule has 1 aromatic carbocycles. The van der Waals surface area contributed by atoms with Crippen molar-refractivity contribution in [2.24, 2.45) is 5.14 Å². The molecular weight excluding hydrogens is 268 g/mol. The van der Waals surface area contributed by atoms with E-state index in [-0.39, 0.29) is 23.2 Å². The average Bonchev–Trinajstić information content (AvgIpc) is 2.25. The van der Waals surface area contributed by atoms with Crippen molar-refractivity contribution in [3.05, 3.63) is 23.3 Å². The zero-order chi connectivity index (χ0) is 14.8. The molecule has 0 spiro atoms. The predicted molar refractivity (Wildman–Crippen MR) is 71.5 cm³/mol. The van der Waals surface area contributed by atoms with Gasteiger partial charge in [0.15, 0.2) is 6.61 Å². The number of amides is 1. The van der Waals surface area contributed by atoms with E-state index < -0.39 is 10.0 Å². The quantitative estimate of drug-likeness (QED) is 0.868. The molecule has 0 aliphatic rings. The number of primary sulfonamides is 1. The molecule has 0 saturated carbocycles. The van der Waals surface area contributed by atoms with Crippen molar-refractivity contribution < 1.29 is 17.9 Å². The Kier molecular flexibility index (Phi) is 4.54. The Labute approximate surface area is 113 Å². The van der Waals surface area contributed by atoms with Gasteiger partial charge in [0.1, 0.15) is 10.6 Å². The minimum atomic E-state index is -3.90. The van der Waals surface area contributed by atoms with Crippen LogP contribution in [0.3, 0.4) is 0 Å². The van der Waals surface area contributed by atoms with Crippen molar-refractivity contribution >= 4 is 15.9 Å². The van der Waals surface area contributed by atoms with Gasteiger partial charge in [-0.05, 0) is 31.0 Å². The van der Waals surface area contributed by atoms with Gasteiger partial charge in [0, 0.05) is 14.1 Å². The van der Waals surface area contributed by atoms with E-state index in [4.69, 9.17) is 9.88 Å². The lowest BCUT2D eigenvalue weighted by Crippen LogP contribution is -2.28. The van der Waals surface area contributed by atoms with E-state index in [1.807, 2.05) is 0 Å². The largest absolute Gasteiger partial charge is 0.482 e. The van der Waals surface area contributed by atoms with Crippen LogP contribution in [0.5, 0.6) is 5.75 Å². The van der Waals surface area contributed by atoms with Gasteiger partial charge in [-0.3, -0.25) is 4.79 Å². The van der Waals surface area contributed by atoms with Crippen molar-refractivity contribution in [2.75, 3.05) is 20.7 Å². The van der Waals surface area contributed by atoms with Gasteiger partial charge in [-0.1, -0.05) is 6.07 Å². The molecule has 0 heterocycles. The first kappa shape index (κ1) is 15.5. The number of carbonyl (C=O) groups is 1. The molecule has 1 rings (SSSR count). The summed E-state index contributed by atoms with van der Waals surface area (Å²) in [5, 5.41) is 5.16. The summed E-state index contributed by atoms with van der Waals surface area (Å²) in [7, 11) is -0.713. The lowest BCUT2D eigenvalue weighted by atomic mass is 10.1. The van der Waals surface area contributed by atoms with E-state index in [2.05, 4.69) is 0 Å². The Bertz CT molecular complexity index is 594. The Hall–Kier alpha value is -1.60. The van der Waals surface area contributed by atoms with Crippen LogP contribution in [0.1, 0.15) is 11.1 Å². The van der Waals surface area contributed by atoms with E-state index >= 15 is 0 Å². The Morgan fingerprint density at radius 1 is 1.32 bits per heavy atom. The minimum Gasteiger partial charge on any atom is -0.482 e. The highest BCUT2D eigenvalue weighted by atomic mass is 32.2. The second-order valence-corrected chi connectivity index (χ2v) is 6.06. The highest BCUT2D eigenvalue weighted by molar-refractivity contribution is 7.89. The third kappa shape index (κ3) is 3.93. The van der Waals surface area contributed by atoms with Gasteiger partial charge in [-0.25, -0.2) is 13.6 Å². The monoisotopic (exact) mass is 286 g/mol. The lowest BCUT2D eigenvalue weighted by molar-refractivity contribution is -0.130. The maximum Gasteiger partial charge on any atom is 0.259 e. The van der Waals surface area contributed by atoms with Gasteiger partial charge >= 0.3 is 0 Å². The molecule has 0 unspecified atom stereocenters. The predicted octanol–water partition coefficient (Wildman–Crippen LogP) is 0.418. The molecular formula is C12H18N2O4S. The molecule has 0 atom stereocenters. The molecule has 6 nitrogen and oxygen atoms in total. The Morgan fingerprint density at radius 2 is 1.89 bits per heavy atom. The lowest BCUT2D eigenvalue weighted by Gasteiger charge is -2.15.